The second kappa shape index (κ2) is 7.51. The summed E-state index contributed by atoms with van der Waals surface area (Å²) in [7, 11) is 0. The summed E-state index contributed by atoms with van der Waals surface area (Å²) in [5.74, 6) is 0.570. The molecule has 0 amide bonds. The largest absolute Gasteiger partial charge is 0.394 e. The molecule has 3 rings (SSSR count). The molecule has 0 spiro atoms. The van der Waals surface area contributed by atoms with E-state index in [4.69, 9.17) is 5.11 Å². The number of rotatable bonds is 6. The Morgan fingerprint density at radius 2 is 1.95 bits per heavy atom. The van der Waals surface area contributed by atoms with Crippen LogP contribution in [0.5, 0.6) is 0 Å². The number of aliphatic hydroxyl groups is 1. The number of nitrogens with zero attached hydrogens (tertiary/aromatic N) is 4. The van der Waals surface area contributed by atoms with Crippen LogP contribution in [-0.2, 0) is 13.0 Å². The van der Waals surface area contributed by atoms with E-state index < -0.39 is 0 Å². The zero-order valence-electron chi connectivity index (χ0n) is 12.9. The Hall–Kier alpha value is -1.72. The van der Waals surface area contributed by atoms with E-state index in [0.29, 0.717) is 12.5 Å². The van der Waals surface area contributed by atoms with E-state index in [0.717, 1.165) is 26.1 Å². The SMILES string of the molecule is OCCn1nccc1C1CCN(CCc2ccccn2)CC1. The fourth-order valence-corrected chi connectivity index (χ4v) is 3.24. The van der Waals surface area contributed by atoms with Crippen molar-refractivity contribution in [2.75, 3.05) is 26.2 Å². The highest BCUT2D eigenvalue weighted by atomic mass is 16.3. The fraction of sp³-hybridized carbons (Fsp3) is 0.529. The molecule has 0 saturated carbocycles. The molecule has 0 bridgehead atoms. The summed E-state index contributed by atoms with van der Waals surface area (Å²) >= 11 is 0. The normalized spacial score (nSPS) is 17.0. The summed E-state index contributed by atoms with van der Waals surface area (Å²) in [5.41, 5.74) is 2.45. The highest BCUT2D eigenvalue weighted by molar-refractivity contribution is 5.09. The predicted octanol–water partition coefficient (Wildman–Crippen LogP) is 1.69. The standard InChI is InChI=1S/C17H24N4O/c22-14-13-21-17(4-9-19-21)15-5-10-20(11-6-15)12-7-16-3-1-2-8-18-16/h1-4,8-9,15,22H,5-7,10-14H2. The van der Waals surface area contributed by atoms with Gasteiger partial charge in [0.2, 0.25) is 0 Å². The summed E-state index contributed by atoms with van der Waals surface area (Å²) in [6.45, 7) is 4.09. The van der Waals surface area contributed by atoms with Crippen LogP contribution in [0.2, 0.25) is 0 Å². The topological polar surface area (TPSA) is 54.2 Å². The number of pyridine rings is 1. The van der Waals surface area contributed by atoms with E-state index in [1.54, 1.807) is 0 Å². The molecule has 0 aliphatic carbocycles. The first-order chi connectivity index (χ1) is 10.9. The van der Waals surface area contributed by atoms with Gasteiger partial charge in [-0.1, -0.05) is 6.07 Å². The fourth-order valence-electron chi connectivity index (χ4n) is 3.24. The van der Waals surface area contributed by atoms with Gasteiger partial charge in [0.1, 0.15) is 0 Å². The smallest absolute Gasteiger partial charge is 0.0644 e. The van der Waals surface area contributed by atoms with E-state index >= 15 is 0 Å². The maximum Gasteiger partial charge on any atom is 0.0644 e. The number of likely N-dealkylation sites (tertiary alicyclic amines) is 1. The summed E-state index contributed by atoms with van der Waals surface area (Å²) in [6.07, 6.45) is 7.06. The van der Waals surface area contributed by atoms with Crippen molar-refractivity contribution in [1.29, 1.82) is 0 Å². The lowest BCUT2D eigenvalue weighted by molar-refractivity contribution is 0.207. The van der Waals surface area contributed by atoms with Gasteiger partial charge in [0.25, 0.3) is 0 Å². The van der Waals surface area contributed by atoms with Crippen molar-refractivity contribution in [1.82, 2.24) is 19.7 Å². The second-order valence-electron chi connectivity index (χ2n) is 5.89. The summed E-state index contributed by atoms with van der Waals surface area (Å²) in [5, 5.41) is 13.4. The molecule has 118 valence electrons. The first-order valence-electron chi connectivity index (χ1n) is 8.11. The molecule has 0 atom stereocenters. The average molecular weight is 300 g/mol. The quantitative estimate of drug-likeness (QED) is 0.882. The molecule has 1 saturated heterocycles. The lowest BCUT2D eigenvalue weighted by Gasteiger charge is -2.32. The van der Waals surface area contributed by atoms with Crippen LogP contribution < -0.4 is 0 Å². The average Bonchev–Trinajstić information content (AvgIpc) is 3.03. The number of aliphatic hydroxyl groups excluding tert-OH is 1. The lowest BCUT2D eigenvalue weighted by Crippen LogP contribution is -2.35. The van der Waals surface area contributed by atoms with Crippen LogP contribution in [0.4, 0.5) is 0 Å². The van der Waals surface area contributed by atoms with Gasteiger partial charge in [-0.15, -0.1) is 0 Å². The third kappa shape index (κ3) is 3.72. The molecule has 22 heavy (non-hydrogen) atoms. The van der Waals surface area contributed by atoms with Gasteiger partial charge in [0.05, 0.1) is 13.2 Å². The van der Waals surface area contributed by atoms with Crippen molar-refractivity contribution in [2.24, 2.45) is 0 Å². The molecule has 1 N–H and O–H groups in total. The summed E-state index contributed by atoms with van der Waals surface area (Å²) in [6, 6.07) is 8.21. The van der Waals surface area contributed by atoms with E-state index in [1.807, 2.05) is 23.1 Å². The van der Waals surface area contributed by atoms with Crippen LogP contribution in [0.25, 0.3) is 0 Å². The predicted molar refractivity (Wildman–Crippen MR) is 85.7 cm³/mol. The molecule has 1 aliphatic heterocycles. The van der Waals surface area contributed by atoms with Gasteiger partial charge >= 0.3 is 0 Å². The minimum absolute atomic E-state index is 0.150. The van der Waals surface area contributed by atoms with Crippen molar-refractivity contribution in [3.8, 4) is 0 Å². The van der Waals surface area contributed by atoms with Crippen LogP contribution in [0.3, 0.4) is 0 Å². The third-order valence-corrected chi connectivity index (χ3v) is 4.48. The molecular weight excluding hydrogens is 276 g/mol. The lowest BCUT2D eigenvalue weighted by atomic mass is 9.93. The molecule has 5 heteroatoms. The highest BCUT2D eigenvalue weighted by Gasteiger charge is 2.22. The Balaban J connectivity index is 1.49. The van der Waals surface area contributed by atoms with Crippen molar-refractivity contribution in [2.45, 2.75) is 31.7 Å². The number of aromatic nitrogens is 3. The van der Waals surface area contributed by atoms with Gasteiger partial charge in [0, 0.05) is 42.7 Å². The van der Waals surface area contributed by atoms with Gasteiger partial charge < -0.3 is 10.0 Å². The molecule has 1 aliphatic rings. The maximum absolute atomic E-state index is 9.11. The Kier molecular flexibility index (Phi) is 5.19. The highest BCUT2D eigenvalue weighted by Crippen LogP contribution is 2.27. The number of piperidine rings is 1. The molecule has 0 aromatic carbocycles. The Morgan fingerprint density at radius 3 is 2.68 bits per heavy atom. The van der Waals surface area contributed by atoms with Crippen LogP contribution in [0.1, 0.15) is 30.1 Å². The van der Waals surface area contributed by atoms with E-state index in [-0.39, 0.29) is 6.61 Å². The second-order valence-corrected chi connectivity index (χ2v) is 5.89. The van der Waals surface area contributed by atoms with E-state index in [1.165, 1.54) is 24.2 Å². The van der Waals surface area contributed by atoms with Gasteiger partial charge in [-0.25, -0.2) is 0 Å². The number of hydrogen-bond acceptors (Lipinski definition) is 4. The van der Waals surface area contributed by atoms with Crippen LogP contribution in [0, 0.1) is 0 Å². The van der Waals surface area contributed by atoms with Crippen molar-refractivity contribution in [3.63, 3.8) is 0 Å². The Labute approximate surface area is 131 Å². The number of hydrogen-bond donors (Lipinski definition) is 1. The molecule has 3 heterocycles. The zero-order valence-corrected chi connectivity index (χ0v) is 12.9. The third-order valence-electron chi connectivity index (χ3n) is 4.48. The van der Waals surface area contributed by atoms with E-state index in [9.17, 15) is 0 Å². The van der Waals surface area contributed by atoms with E-state index in [2.05, 4.69) is 33.2 Å². The van der Waals surface area contributed by atoms with Crippen molar-refractivity contribution in [3.05, 3.63) is 48.0 Å². The first-order valence-corrected chi connectivity index (χ1v) is 8.11. The first kappa shape index (κ1) is 15.2. The Morgan fingerprint density at radius 1 is 1.09 bits per heavy atom. The minimum atomic E-state index is 0.150. The molecule has 0 unspecified atom stereocenters. The zero-order chi connectivity index (χ0) is 15.2. The molecule has 1 fully saturated rings. The van der Waals surface area contributed by atoms with Gasteiger partial charge in [-0.3, -0.25) is 9.67 Å². The molecule has 5 nitrogen and oxygen atoms in total. The van der Waals surface area contributed by atoms with Crippen LogP contribution in [-0.4, -0.2) is 51.0 Å². The van der Waals surface area contributed by atoms with Crippen molar-refractivity contribution < 1.29 is 5.11 Å². The van der Waals surface area contributed by atoms with Gasteiger partial charge in [0.15, 0.2) is 0 Å². The molecule has 2 aromatic heterocycles. The molecule has 2 aromatic rings. The molecular formula is C17H24N4O. The Bertz CT molecular complexity index is 561. The molecule has 0 radical (unpaired) electrons. The minimum Gasteiger partial charge on any atom is -0.394 e. The monoisotopic (exact) mass is 300 g/mol. The summed E-state index contributed by atoms with van der Waals surface area (Å²) < 4.78 is 1.95. The van der Waals surface area contributed by atoms with Crippen LogP contribution >= 0.6 is 0 Å². The summed E-state index contributed by atoms with van der Waals surface area (Å²) in [4.78, 5) is 6.91. The maximum atomic E-state index is 9.11. The van der Waals surface area contributed by atoms with Crippen molar-refractivity contribution >= 4 is 0 Å². The van der Waals surface area contributed by atoms with Crippen LogP contribution in [0.15, 0.2) is 36.7 Å². The van der Waals surface area contributed by atoms with Gasteiger partial charge in [-0.05, 0) is 44.1 Å². The van der Waals surface area contributed by atoms with Gasteiger partial charge in [-0.2, -0.15) is 5.10 Å².